The molecule has 0 spiro atoms. The molecule has 0 saturated carbocycles. The highest BCUT2D eigenvalue weighted by Crippen LogP contribution is 2.58. The van der Waals surface area contributed by atoms with Crippen molar-refractivity contribution in [3.63, 3.8) is 0 Å². The van der Waals surface area contributed by atoms with Crippen molar-refractivity contribution in [1.29, 1.82) is 0 Å². The van der Waals surface area contributed by atoms with Crippen LogP contribution in [0.4, 0.5) is 0 Å². The van der Waals surface area contributed by atoms with E-state index in [-0.39, 0.29) is 8.65 Å². The second-order valence-corrected chi connectivity index (χ2v) is 11.5. The molecule has 7 rings (SSSR count). The average Bonchev–Trinajstić information content (AvgIpc) is 3.33. The maximum Gasteiger partial charge on any atom is 0.102 e. The van der Waals surface area contributed by atoms with Crippen LogP contribution in [-0.4, -0.2) is 0 Å². The summed E-state index contributed by atoms with van der Waals surface area (Å²) in [5, 5.41) is 0. The van der Waals surface area contributed by atoms with Gasteiger partial charge in [-0.2, -0.15) is 0 Å². The molecule has 162 valence electrons. The summed E-state index contributed by atoms with van der Waals surface area (Å²) in [6, 6.07) is 44.1. The molecule has 0 bridgehead atoms. The Morgan fingerprint density at radius 3 is 0.824 bits per heavy atom. The third-order valence-electron chi connectivity index (χ3n) is 7.45. The number of benzene rings is 5. The lowest BCUT2D eigenvalue weighted by Crippen LogP contribution is -2.21. The van der Waals surface area contributed by atoms with E-state index in [4.69, 9.17) is 0 Å². The van der Waals surface area contributed by atoms with Gasteiger partial charge in [0.15, 0.2) is 0 Å². The first-order chi connectivity index (χ1) is 16.6. The van der Waals surface area contributed by atoms with E-state index < -0.39 is 0 Å². The zero-order valence-electron chi connectivity index (χ0n) is 18.3. The van der Waals surface area contributed by atoms with Crippen molar-refractivity contribution in [3.05, 3.63) is 155 Å². The maximum atomic E-state index is 4.21. The molecule has 0 aromatic heterocycles. The lowest BCUT2D eigenvalue weighted by Gasteiger charge is -2.29. The molecule has 0 atom stereocenters. The van der Waals surface area contributed by atoms with E-state index in [1.165, 1.54) is 55.6 Å². The van der Waals surface area contributed by atoms with Crippen molar-refractivity contribution in [2.45, 2.75) is 8.65 Å². The van der Waals surface area contributed by atoms with Gasteiger partial charge in [-0.05, 0) is 55.6 Å². The van der Waals surface area contributed by atoms with Crippen LogP contribution in [0.5, 0.6) is 0 Å². The predicted molar refractivity (Wildman–Crippen MR) is 148 cm³/mol. The minimum absolute atomic E-state index is 0.357. The Morgan fingerprint density at radius 2 is 0.559 bits per heavy atom. The number of hydrogen-bond acceptors (Lipinski definition) is 0. The Labute approximate surface area is 216 Å². The predicted octanol–water partition coefficient (Wildman–Crippen LogP) is 9.02. The Balaban J connectivity index is 1.40. The van der Waals surface area contributed by atoms with Gasteiger partial charge >= 0.3 is 0 Å². The largest absolute Gasteiger partial charge is 0.102 e. The number of fused-ring (bicyclic) bond motifs is 6. The normalized spacial score (nSPS) is 15.8. The zero-order chi connectivity index (χ0) is 22.9. The second-order valence-electron chi connectivity index (χ2n) is 9.08. The molecule has 2 aliphatic rings. The van der Waals surface area contributed by atoms with E-state index in [2.05, 4.69) is 153 Å². The van der Waals surface area contributed by atoms with E-state index in [9.17, 15) is 0 Å². The Morgan fingerprint density at radius 1 is 0.324 bits per heavy atom. The summed E-state index contributed by atoms with van der Waals surface area (Å²) in [4.78, 5) is 0. The maximum absolute atomic E-state index is 4.21. The third-order valence-corrected chi connectivity index (χ3v) is 10.1. The van der Waals surface area contributed by atoms with Gasteiger partial charge in [-0.25, -0.2) is 0 Å². The van der Waals surface area contributed by atoms with Gasteiger partial charge in [0.25, 0.3) is 0 Å². The fourth-order valence-corrected chi connectivity index (χ4v) is 7.83. The summed E-state index contributed by atoms with van der Waals surface area (Å²) in [6.45, 7) is 0. The first kappa shape index (κ1) is 20.4. The molecule has 2 heteroatoms. The van der Waals surface area contributed by atoms with Crippen LogP contribution in [0.3, 0.4) is 0 Å². The van der Waals surface area contributed by atoms with E-state index in [1.54, 1.807) is 0 Å². The highest BCUT2D eigenvalue weighted by molar-refractivity contribution is 9.10. The lowest BCUT2D eigenvalue weighted by molar-refractivity contribution is 0.924. The first-order valence-electron chi connectivity index (χ1n) is 11.5. The summed E-state index contributed by atoms with van der Waals surface area (Å²) < 4.78 is -0.715. The van der Waals surface area contributed by atoms with Crippen molar-refractivity contribution in [1.82, 2.24) is 0 Å². The summed E-state index contributed by atoms with van der Waals surface area (Å²) in [6.07, 6.45) is 0. The fraction of sp³-hybridized carbons (Fsp3) is 0.0625. The molecular formula is C32H20Br2. The van der Waals surface area contributed by atoms with Gasteiger partial charge in [0.05, 0.1) is 0 Å². The molecular weight excluding hydrogens is 544 g/mol. The van der Waals surface area contributed by atoms with Crippen LogP contribution in [-0.2, 0) is 8.65 Å². The van der Waals surface area contributed by atoms with Crippen LogP contribution in [0.1, 0.15) is 33.4 Å². The molecule has 0 heterocycles. The van der Waals surface area contributed by atoms with Crippen molar-refractivity contribution in [2.24, 2.45) is 0 Å². The Kier molecular flexibility index (Phi) is 4.37. The number of alkyl halides is 2. The van der Waals surface area contributed by atoms with Crippen molar-refractivity contribution >= 4 is 31.9 Å². The molecule has 34 heavy (non-hydrogen) atoms. The second kappa shape index (κ2) is 7.28. The standard InChI is InChI=1S/C32H20Br2/c33-31(27-13-5-1-9-23(27)24-10-2-6-14-28(24)31)21-17-19-22(20-18-21)32(34)29-15-7-3-11-25(29)26-12-4-8-16-30(26)32/h1-20H. The molecule has 0 nitrogen and oxygen atoms in total. The van der Waals surface area contributed by atoms with Crippen molar-refractivity contribution in [2.75, 3.05) is 0 Å². The minimum Gasteiger partial charge on any atom is -0.0695 e. The SMILES string of the molecule is BrC1(c2ccc(C3(Br)c4ccccc4-c4ccccc43)cc2)c2ccccc2-c2ccccc21. The van der Waals surface area contributed by atoms with E-state index in [1.807, 2.05) is 0 Å². The highest BCUT2D eigenvalue weighted by atomic mass is 79.9. The molecule has 5 aromatic carbocycles. The summed E-state index contributed by atoms with van der Waals surface area (Å²) >= 11 is 8.43. The Bertz CT molecular complexity index is 1370. The van der Waals surface area contributed by atoms with Gasteiger partial charge in [0.2, 0.25) is 0 Å². The fourth-order valence-electron chi connectivity index (χ4n) is 5.92. The molecule has 0 radical (unpaired) electrons. The lowest BCUT2D eigenvalue weighted by atomic mass is 9.85. The molecule has 0 aliphatic heterocycles. The number of rotatable bonds is 2. The van der Waals surface area contributed by atoms with Gasteiger partial charge < -0.3 is 0 Å². The number of halogens is 2. The summed E-state index contributed by atoms with van der Waals surface area (Å²) in [5.74, 6) is 0. The summed E-state index contributed by atoms with van der Waals surface area (Å²) in [7, 11) is 0. The Hall–Kier alpha value is -2.94. The number of hydrogen-bond donors (Lipinski definition) is 0. The summed E-state index contributed by atoms with van der Waals surface area (Å²) in [5.41, 5.74) is 12.9. The highest BCUT2D eigenvalue weighted by Gasteiger charge is 2.44. The van der Waals surface area contributed by atoms with Crippen LogP contribution >= 0.6 is 31.9 Å². The van der Waals surface area contributed by atoms with Crippen LogP contribution in [0.2, 0.25) is 0 Å². The topological polar surface area (TPSA) is 0 Å². The van der Waals surface area contributed by atoms with Crippen LogP contribution in [0.25, 0.3) is 22.3 Å². The van der Waals surface area contributed by atoms with Gasteiger partial charge in [-0.1, -0.05) is 153 Å². The van der Waals surface area contributed by atoms with E-state index in [0.717, 1.165) is 0 Å². The molecule has 0 amide bonds. The molecule has 0 N–H and O–H groups in total. The van der Waals surface area contributed by atoms with Crippen molar-refractivity contribution in [3.8, 4) is 22.3 Å². The zero-order valence-corrected chi connectivity index (χ0v) is 21.5. The van der Waals surface area contributed by atoms with E-state index in [0.29, 0.717) is 0 Å². The molecule has 2 aliphatic carbocycles. The third kappa shape index (κ3) is 2.53. The van der Waals surface area contributed by atoms with Crippen molar-refractivity contribution < 1.29 is 0 Å². The van der Waals surface area contributed by atoms with Gasteiger partial charge in [0.1, 0.15) is 8.65 Å². The quantitative estimate of drug-likeness (QED) is 0.188. The van der Waals surface area contributed by atoms with Gasteiger partial charge in [0, 0.05) is 0 Å². The van der Waals surface area contributed by atoms with Gasteiger partial charge in [-0.15, -0.1) is 0 Å². The van der Waals surface area contributed by atoms with Crippen LogP contribution in [0.15, 0.2) is 121 Å². The minimum atomic E-state index is -0.357. The average molecular weight is 564 g/mol. The first-order valence-corrected chi connectivity index (χ1v) is 13.1. The van der Waals surface area contributed by atoms with Gasteiger partial charge in [-0.3, -0.25) is 0 Å². The van der Waals surface area contributed by atoms with Crippen LogP contribution < -0.4 is 0 Å². The smallest absolute Gasteiger partial charge is 0.0695 e. The monoisotopic (exact) mass is 562 g/mol. The van der Waals surface area contributed by atoms with E-state index >= 15 is 0 Å². The van der Waals surface area contributed by atoms with Crippen LogP contribution in [0, 0.1) is 0 Å². The molecule has 0 fully saturated rings. The molecule has 5 aromatic rings. The molecule has 0 unspecified atom stereocenters. The molecule has 0 saturated heterocycles.